The number of para-hydroxylation sites is 1. The summed E-state index contributed by atoms with van der Waals surface area (Å²) >= 11 is 6.12. The standard InChI is InChI=1S/C15H22ClNO2/c1-12-4-2-6-14(16)15(12)19-11-10-17-8-3-5-13(18)7-9-17/h2,4,6,13,18H,3,5,7-11H2,1H3/t13-/m1/s1. The van der Waals surface area contributed by atoms with Crippen LogP contribution in [0.2, 0.25) is 5.02 Å². The monoisotopic (exact) mass is 283 g/mol. The molecule has 0 radical (unpaired) electrons. The molecule has 1 saturated heterocycles. The van der Waals surface area contributed by atoms with Gasteiger partial charge in [0.2, 0.25) is 0 Å². The molecule has 0 unspecified atom stereocenters. The number of nitrogens with zero attached hydrogens (tertiary/aromatic N) is 1. The van der Waals surface area contributed by atoms with Crippen LogP contribution in [0.3, 0.4) is 0 Å². The molecule has 106 valence electrons. The van der Waals surface area contributed by atoms with Crippen LogP contribution in [0.1, 0.15) is 24.8 Å². The van der Waals surface area contributed by atoms with Crippen LogP contribution in [-0.2, 0) is 0 Å². The summed E-state index contributed by atoms with van der Waals surface area (Å²) in [6.07, 6.45) is 2.72. The Balaban J connectivity index is 1.80. The van der Waals surface area contributed by atoms with E-state index in [-0.39, 0.29) is 6.10 Å². The lowest BCUT2D eigenvalue weighted by Crippen LogP contribution is -2.29. The van der Waals surface area contributed by atoms with Crippen molar-refractivity contribution in [1.29, 1.82) is 0 Å². The van der Waals surface area contributed by atoms with Crippen LogP contribution >= 0.6 is 11.6 Å². The van der Waals surface area contributed by atoms with E-state index in [4.69, 9.17) is 16.3 Å². The third kappa shape index (κ3) is 4.37. The lowest BCUT2D eigenvalue weighted by Gasteiger charge is -2.20. The molecule has 0 saturated carbocycles. The molecule has 0 aromatic heterocycles. The summed E-state index contributed by atoms with van der Waals surface area (Å²) in [4.78, 5) is 2.35. The van der Waals surface area contributed by atoms with Gasteiger partial charge in [0.25, 0.3) is 0 Å². The molecule has 0 amide bonds. The van der Waals surface area contributed by atoms with Crippen LogP contribution in [0.4, 0.5) is 0 Å². The summed E-state index contributed by atoms with van der Waals surface area (Å²) in [5.41, 5.74) is 1.07. The van der Waals surface area contributed by atoms with Crippen molar-refractivity contribution >= 4 is 11.6 Å². The van der Waals surface area contributed by atoms with E-state index in [9.17, 15) is 5.11 Å². The van der Waals surface area contributed by atoms with Crippen molar-refractivity contribution in [3.8, 4) is 5.75 Å². The molecule has 1 N–H and O–H groups in total. The van der Waals surface area contributed by atoms with Crippen LogP contribution < -0.4 is 4.74 Å². The number of aryl methyl sites for hydroxylation is 1. The lowest BCUT2D eigenvalue weighted by atomic mass is 10.2. The second-order valence-electron chi connectivity index (χ2n) is 5.16. The molecule has 0 spiro atoms. The third-order valence-corrected chi connectivity index (χ3v) is 3.91. The van der Waals surface area contributed by atoms with Crippen molar-refractivity contribution in [2.75, 3.05) is 26.2 Å². The summed E-state index contributed by atoms with van der Waals surface area (Å²) in [7, 11) is 0. The van der Waals surface area contributed by atoms with Gasteiger partial charge < -0.3 is 9.84 Å². The zero-order chi connectivity index (χ0) is 13.7. The minimum atomic E-state index is -0.128. The molecule has 1 heterocycles. The number of benzene rings is 1. The van der Waals surface area contributed by atoms with Crippen molar-refractivity contribution in [3.05, 3.63) is 28.8 Å². The van der Waals surface area contributed by atoms with Crippen LogP contribution in [0, 0.1) is 6.92 Å². The Morgan fingerprint density at radius 3 is 3.00 bits per heavy atom. The fourth-order valence-corrected chi connectivity index (χ4v) is 2.71. The van der Waals surface area contributed by atoms with E-state index in [0.717, 1.165) is 50.2 Å². The Labute approximate surface area is 120 Å². The fraction of sp³-hybridized carbons (Fsp3) is 0.600. The smallest absolute Gasteiger partial charge is 0.140 e. The number of rotatable bonds is 4. The fourth-order valence-electron chi connectivity index (χ4n) is 2.44. The molecule has 1 aliphatic heterocycles. The number of hydrogen-bond donors (Lipinski definition) is 1. The highest BCUT2D eigenvalue weighted by molar-refractivity contribution is 6.32. The average molecular weight is 284 g/mol. The third-order valence-electron chi connectivity index (χ3n) is 3.61. The lowest BCUT2D eigenvalue weighted by molar-refractivity contribution is 0.152. The summed E-state index contributed by atoms with van der Waals surface area (Å²) in [6, 6.07) is 5.79. The number of hydrogen-bond acceptors (Lipinski definition) is 3. The maximum Gasteiger partial charge on any atom is 0.140 e. The van der Waals surface area contributed by atoms with Gasteiger partial charge in [0.1, 0.15) is 12.4 Å². The molecule has 1 fully saturated rings. The highest BCUT2D eigenvalue weighted by atomic mass is 35.5. The normalized spacial score (nSPS) is 21.1. The van der Waals surface area contributed by atoms with Gasteiger partial charge in [-0.15, -0.1) is 0 Å². The van der Waals surface area contributed by atoms with Gasteiger partial charge in [0, 0.05) is 13.1 Å². The first-order valence-electron chi connectivity index (χ1n) is 6.95. The van der Waals surface area contributed by atoms with Crippen molar-refractivity contribution in [1.82, 2.24) is 4.90 Å². The van der Waals surface area contributed by atoms with Crippen LogP contribution in [0.15, 0.2) is 18.2 Å². The van der Waals surface area contributed by atoms with Gasteiger partial charge in [-0.2, -0.15) is 0 Å². The summed E-state index contributed by atoms with van der Waals surface area (Å²) in [5.74, 6) is 0.791. The van der Waals surface area contributed by atoms with Crippen LogP contribution in [-0.4, -0.2) is 42.4 Å². The van der Waals surface area contributed by atoms with Gasteiger partial charge in [-0.05, 0) is 44.4 Å². The minimum Gasteiger partial charge on any atom is -0.490 e. The molecule has 0 bridgehead atoms. The Morgan fingerprint density at radius 2 is 2.21 bits per heavy atom. The number of aliphatic hydroxyl groups excluding tert-OH is 1. The maximum absolute atomic E-state index is 9.61. The van der Waals surface area contributed by atoms with Crippen LogP contribution in [0.5, 0.6) is 5.75 Å². The molecule has 1 atom stereocenters. The highest BCUT2D eigenvalue weighted by Gasteiger charge is 2.14. The number of aliphatic hydroxyl groups is 1. The Kier molecular flexibility index (Phi) is 5.49. The number of halogens is 1. The van der Waals surface area contributed by atoms with Crippen molar-refractivity contribution in [3.63, 3.8) is 0 Å². The topological polar surface area (TPSA) is 32.7 Å². The van der Waals surface area contributed by atoms with Crippen molar-refractivity contribution in [2.24, 2.45) is 0 Å². The Hall–Kier alpha value is -0.770. The molecule has 2 rings (SSSR count). The van der Waals surface area contributed by atoms with E-state index in [2.05, 4.69) is 4.90 Å². The van der Waals surface area contributed by atoms with Gasteiger partial charge in [-0.1, -0.05) is 23.7 Å². The van der Waals surface area contributed by atoms with E-state index in [1.54, 1.807) is 0 Å². The second kappa shape index (κ2) is 7.13. The Morgan fingerprint density at radius 1 is 1.37 bits per heavy atom. The molecule has 0 aliphatic carbocycles. The first-order valence-corrected chi connectivity index (χ1v) is 7.33. The summed E-state index contributed by atoms with van der Waals surface area (Å²) in [5, 5.41) is 10.3. The molecular formula is C15H22ClNO2. The molecule has 3 nitrogen and oxygen atoms in total. The van der Waals surface area contributed by atoms with Crippen molar-refractivity contribution < 1.29 is 9.84 Å². The van der Waals surface area contributed by atoms with Gasteiger partial charge in [0.05, 0.1) is 11.1 Å². The zero-order valence-electron chi connectivity index (χ0n) is 11.4. The van der Waals surface area contributed by atoms with Gasteiger partial charge in [0.15, 0.2) is 0 Å². The molecule has 1 aromatic rings. The average Bonchev–Trinajstić information content (AvgIpc) is 2.58. The van der Waals surface area contributed by atoms with E-state index in [1.165, 1.54) is 0 Å². The largest absolute Gasteiger partial charge is 0.490 e. The maximum atomic E-state index is 9.61. The highest BCUT2D eigenvalue weighted by Crippen LogP contribution is 2.27. The Bertz CT molecular complexity index is 391. The van der Waals surface area contributed by atoms with Gasteiger partial charge in [-0.25, -0.2) is 0 Å². The summed E-state index contributed by atoms with van der Waals surface area (Å²) < 4.78 is 5.80. The summed E-state index contributed by atoms with van der Waals surface area (Å²) in [6.45, 7) is 5.52. The molecule has 1 aromatic carbocycles. The number of ether oxygens (including phenoxy) is 1. The molecular weight excluding hydrogens is 262 g/mol. The van der Waals surface area contributed by atoms with Gasteiger partial charge >= 0.3 is 0 Å². The van der Waals surface area contributed by atoms with E-state index >= 15 is 0 Å². The molecule has 1 aliphatic rings. The molecule has 4 heteroatoms. The first-order chi connectivity index (χ1) is 9.16. The minimum absolute atomic E-state index is 0.128. The zero-order valence-corrected chi connectivity index (χ0v) is 12.2. The van der Waals surface area contributed by atoms with Crippen molar-refractivity contribution in [2.45, 2.75) is 32.3 Å². The van der Waals surface area contributed by atoms with E-state index < -0.39 is 0 Å². The van der Waals surface area contributed by atoms with Crippen LogP contribution in [0.25, 0.3) is 0 Å². The SMILES string of the molecule is Cc1cccc(Cl)c1OCCN1CCC[C@@H](O)CC1. The van der Waals surface area contributed by atoms with E-state index in [1.807, 2.05) is 25.1 Å². The second-order valence-corrected chi connectivity index (χ2v) is 5.57. The quantitative estimate of drug-likeness (QED) is 0.922. The predicted octanol–water partition coefficient (Wildman–Crippen LogP) is 2.87. The van der Waals surface area contributed by atoms with E-state index in [0.29, 0.717) is 11.6 Å². The molecule has 19 heavy (non-hydrogen) atoms. The predicted molar refractivity (Wildman–Crippen MR) is 78.0 cm³/mol. The number of likely N-dealkylation sites (tertiary alicyclic amines) is 1. The van der Waals surface area contributed by atoms with Gasteiger partial charge in [-0.3, -0.25) is 4.90 Å². The first kappa shape index (κ1) is 14.6.